The Morgan fingerprint density at radius 3 is 2.52 bits per heavy atom. The van der Waals surface area contributed by atoms with Crippen LogP contribution < -0.4 is 10.5 Å². The zero-order valence-corrected chi connectivity index (χ0v) is 13.5. The van der Waals surface area contributed by atoms with Crippen molar-refractivity contribution in [3.05, 3.63) is 33.8 Å². The summed E-state index contributed by atoms with van der Waals surface area (Å²) in [7, 11) is -4.20. The number of nitrogens with two attached hydrogens (primary N) is 1. The summed E-state index contributed by atoms with van der Waals surface area (Å²) in [6, 6.07) is 1.99. The second-order valence-corrected chi connectivity index (χ2v) is 6.72. The Hall–Kier alpha value is -1.81. The molecule has 0 spiro atoms. The van der Waals surface area contributed by atoms with E-state index < -0.39 is 20.7 Å². The molecule has 112 valence electrons. The van der Waals surface area contributed by atoms with Gasteiger partial charge >= 0.3 is 0 Å². The summed E-state index contributed by atoms with van der Waals surface area (Å²) in [5.74, 6) is -1.18. The molecular formula is C11H11BrFN5O2S. The standard InChI is InChI=1S/C11H11BrFN5O2S/c1-5-6(2)16-17-11(15-5)18-21(19,20)10-4-9(14)7(12)3-8(10)13/h3-4H,14H2,1-2H3,(H,15,17,18). The summed E-state index contributed by atoms with van der Waals surface area (Å²) < 4.78 is 40.4. The van der Waals surface area contributed by atoms with E-state index in [1.54, 1.807) is 13.8 Å². The Labute approximate surface area is 129 Å². The van der Waals surface area contributed by atoms with E-state index >= 15 is 0 Å². The quantitative estimate of drug-likeness (QED) is 0.790. The third-order valence-corrected chi connectivity index (χ3v) is 4.69. The minimum absolute atomic E-state index is 0.0934. The number of rotatable bonds is 3. The highest BCUT2D eigenvalue weighted by molar-refractivity contribution is 9.10. The number of aromatic nitrogens is 3. The topological polar surface area (TPSA) is 111 Å². The molecular weight excluding hydrogens is 365 g/mol. The van der Waals surface area contributed by atoms with Crippen LogP contribution in [0.25, 0.3) is 0 Å². The van der Waals surface area contributed by atoms with Crippen LogP contribution in [0.2, 0.25) is 0 Å². The lowest BCUT2D eigenvalue weighted by Crippen LogP contribution is -2.18. The van der Waals surface area contributed by atoms with Crippen LogP contribution in [0.15, 0.2) is 21.5 Å². The van der Waals surface area contributed by atoms with E-state index in [0.717, 1.165) is 12.1 Å². The molecule has 1 aromatic carbocycles. The molecule has 2 aromatic rings. The SMILES string of the molecule is Cc1nnc(NS(=O)(=O)c2cc(N)c(Br)cc2F)nc1C. The Morgan fingerprint density at radius 2 is 1.90 bits per heavy atom. The first-order valence-electron chi connectivity index (χ1n) is 5.66. The molecule has 7 nitrogen and oxygen atoms in total. The first kappa shape index (κ1) is 15.6. The van der Waals surface area contributed by atoms with E-state index in [-0.39, 0.29) is 16.1 Å². The second-order valence-electron chi connectivity index (χ2n) is 4.22. The van der Waals surface area contributed by atoms with Gasteiger partial charge in [-0.2, -0.15) is 5.10 Å². The van der Waals surface area contributed by atoms with Crippen LogP contribution in [-0.2, 0) is 10.0 Å². The molecule has 0 fully saturated rings. The molecule has 0 aliphatic carbocycles. The van der Waals surface area contributed by atoms with Gasteiger partial charge in [0.15, 0.2) is 0 Å². The van der Waals surface area contributed by atoms with E-state index in [0.29, 0.717) is 11.4 Å². The van der Waals surface area contributed by atoms with E-state index in [9.17, 15) is 12.8 Å². The molecule has 0 atom stereocenters. The number of hydrogen-bond acceptors (Lipinski definition) is 6. The fourth-order valence-electron chi connectivity index (χ4n) is 1.43. The molecule has 1 heterocycles. The molecule has 3 N–H and O–H groups in total. The van der Waals surface area contributed by atoms with Gasteiger partial charge in [-0.15, -0.1) is 5.10 Å². The number of sulfonamides is 1. The first-order valence-corrected chi connectivity index (χ1v) is 7.93. The van der Waals surface area contributed by atoms with Crippen molar-refractivity contribution in [3.8, 4) is 0 Å². The summed E-state index contributed by atoms with van der Waals surface area (Å²) in [6.07, 6.45) is 0. The third kappa shape index (κ3) is 3.27. The third-order valence-electron chi connectivity index (χ3n) is 2.66. The molecule has 1 aromatic heterocycles. The van der Waals surface area contributed by atoms with E-state index in [4.69, 9.17) is 5.73 Å². The predicted molar refractivity (Wildman–Crippen MR) is 78.6 cm³/mol. The number of nitrogen functional groups attached to an aromatic ring is 1. The fraction of sp³-hybridized carbons (Fsp3) is 0.182. The van der Waals surface area contributed by atoms with Crippen molar-refractivity contribution in [2.75, 3.05) is 10.5 Å². The molecule has 0 aliphatic rings. The van der Waals surface area contributed by atoms with Gasteiger partial charge in [-0.05, 0) is 41.9 Å². The lowest BCUT2D eigenvalue weighted by atomic mass is 10.3. The Balaban J connectivity index is 2.43. The smallest absolute Gasteiger partial charge is 0.267 e. The summed E-state index contributed by atoms with van der Waals surface area (Å²) >= 11 is 3.02. The average Bonchev–Trinajstić information content (AvgIpc) is 2.37. The summed E-state index contributed by atoms with van der Waals surface area (Å²) in [5, 5.41) is 7.35. The summed E-state index contributed by atoms with van der Waals surface area (Å²) in [5.41, 5.74) is 6.75. The monoisotopic (exact) mass is 375 g/mol. The summed E-state index contributed by atoms with van der Waals surface area (Å²) in [4.78, 5) is 3.33. The van der Waals surface area contributed by atoms with Crippen molar-refractivity contribution < 1.29 is 12.8 Å². The molecule has 0 amide bonds. The number of nitrogens with one attached hydrogen (secondary N) is 1. The van der Waals surface area contributed by atoms with E-state index in [2.05, 4.69) is 35.8 Å². The summed E-state index contributed by atoms with van der Waals surface area (Å²) in [6.45, 7) is 3.34. The van der Waals surface area contributed by atoms with Crippen molar-refractivity contribution in [3.63, 3.8) is 0 Å². The van der Waals surface area contributed by atoms with Gasteiger partial charge in [-0.1, -0.05) is 0 Å². The normalized spacial score (nSPS) is 11.4. The molecule has 21 heavy (non-hydrogen) atoms. The van der Waals surface area contributed by atoms with Gasteiger partial charge in [0.1, 0.15) is 10.7 Å². The maximum absolute atomic E-state index is 13.8. The number of benzene rings is 1. The molecule has 10 heteroatoms. The lowest BCUT2D eigenvalue weighted by molar-refractivity contribution is 0.569. The predicted octanol–water partition coefficient (Wildman–Crippen LogP) is 1.77. The zero-order valence-electron chi connectivity index (χ0n) is 11.1. The molecule has 0 unspecified atom stereocenters. The minimum atomic E-state index is -4.20. The van der Waals surface area contributed by atoms with Gasteiger partial charge in [-0.25, -0.2) is 22.5 Å². The Morgan fingerprint density at radius 1 is 1.24 bits per heavy atom. The van der Waals surface area contributed by atoms with E-state index in [1.165, 1.54) is 0 Å². The minimum Gasteiger partial charge on any atom is -0.398 e. The highest BCUT2D eigenvalue weighted by atomic mass is 79.9. The lowest BCUT2D eigenvalue weighted by Gasteiger charge is -2.09. The highest BCUT2D eigenvalue weighted by Crippen LogP contribution is 2.26. The van der Waals surface area contributed by atoms with Gasteiger partial charge in [0.2, 0.25) is 0 Å². The fourth-order valence-corrected chi connectivity index (χ4v) is 2.78. The molecule has 2 rings (SSSR count). The van der Waals surface area contributed by atoms with Crippen LogP contribution in [-0.4, -0.2) is 23.6 Å². The van der Waals surface area contributed by atoms with Gasteiger partial charge < -0.3 is 5.73 Å². The number of anilines is 2. The maximum Gasteiger partial charge on any atom is 0.267 e. The highest BCUT2D eigenvalue weighted by Gasteiger charge is 2.22. The Kier molecular flexibility index (Phi) is 4.10. The molecule has 0 bridgehead atoms. The van der Waals surface area contributed by atoms with Crippen LogP contribution in [0.4, 0.5) is 16.0 Å². The van der Waals surface area contributed by atoms with Crippen LogP contribution in [0.3, 0.4) is 0 Å². The van der Waals surface area contributed by atoms with Gasteiger partial charge in [0, 0.05) is 10.2 Å². The van der Waals surface area contributed by atoms with Crippen molar-refractivity contribution in [1.29, 1.82) is 0 Å². The molecule has 0 aliphatic heterocycles. The first-order chi connectivity index (χ1) is 9.70. The molecule has 0 saturated heterocycles. The number of halogens is 2. The van der Waals surface area contributed by atoms with Gasteiger partial charge in [0.25, 0.3) is 16.0 Å². The van der Waals surface area contributed by atoms with Gasteiger partial charge in [0.05, 0.1) is 11.4 Å². The Bertz CT molecular complexity index is 813. The molecule has 0 saturated carbocycles. The average molecular weight is 376 g/mol. The van der Waals surface area contributed by atoms with Crippen LogP contribution in [0, 0.1) is 19.7 Å². The van der Waals surface area contributed by atoms with Crippen molar-refractivity contribution in [2.45, 2.75) is 18.7 Å². The number of aryl methyl sites for hydroxylation is 2. The zero-order chi connectivity index (χ0) is 15.8. The molecule has 0 radical (unpaired) electrons. The van der Waals surface area contributed by atoms with Crippen LogP contribution in [0.1, 0.15) is 11.4 Å². The van der Waals surface area contributed by atoms with Gasteiger partial charge in [-0.3, -0.25) is 0 Å². The van der Waals surface area contributed by atoms with Crippen molar-refractivity contribution in [1.82, 2.24) is 15.2 Å². The van der Waals surface area contributed by atoms with Crippen LogP contribution >= 0.6 is 15.9 Å². The van der Waals surface area contributed by atoms with Crippen molar-refractivity contribution >= 4 is 37.6 Å². The second kappa shape index (κ2) is 5.53. The largest absolute Gasteiger partial charge is 0.398 e. The van der Waals surface area contributed by atoms with Crippen LogP contribution in [0.5, 0.6) is 0 Å². The number of nitrogens with zero attached hydrogens (tertiary/aromatic N) is 3. The maximum atomic E-state index is 13.8. The van der Waals surface area contributed by atoms with E-state index in [1.807, 2.05) is 0 Å². The number of hydrogen-bond donors (Lipinski definition) is 2. The van der Waals surface area contributed by atoms with Crippen molar-refractivity contribution in [2.24, 2.45) is 0 Å².